The molecule has 1 aliphatic carbocycles. The van der Waals surface area contributed by atoms with Gasteiger partial charge in [-0.3, -0.25) is 60.7 Å². The van der Waals surface area contributed by atoms with Crippen LogP contribution in [0.1, 0.15) is 6.42 Å². The quantitative estimate of drug-likeness (QED) is 0.0518. The smallest absolute Gasteiger partial charge is 0.299 e. The van der Waals surface area contributed by atoms with E-state index in [1.54, 1.807) is 0 Å². The Kier molecular flexibility index (Phi) is 15.7. The fraction of sp³-hybridized carbons (Fsp3) is 0.500. The third-order valence-corrected chi connectivity index (χ3v) is 11.5. The lowest BCUT2D eigenvalue weighted by atomic mass is 9.82. The number of nitro groups is 6. The Morgan fingerprint density at radius 3 is 1.22 bits per heavy atom. The molecule has 69 heavy (non-hydrogen) atoms. The topological polar surface area (TPSA) is 494 Å². The molecule has 1 saturated carbocycles. The first-order valence-electron chi connectivity index (χ1n) is 20.1. The fourth-order valence-electron chi connectivity index (χ4n) is 7.98. The summed E-state index contributed by atoms with van der Waals surface area (Å²) in [5, 5.41) is 166. The van der Waals surface area contributed by atoms with E-state index in [-0.39, 0.29) is 0 Å². The van der Waals surface area contributed by atoms with Crippen molar-refractivity contribution in [3.8, 4) is 0 Å². The van der Waals surface area contributed by atoms with Gasteiger partial charge in [-0.2, -0.15) is 0 Å². The Balaban J connectivity index is 1.50. The summed E-state index contributed by atoms with van der Waals surface area (Å²) < 4.78 is 23.5. The van der Waals surface area contributed by atoms with Crippen LogP contribution in [0.15, 0.2) is 54.6 Å². The van der Waals surface area contributed by atoms with E-state index >= 15 is 0 Å². The lowest BCUT2D eigenvalue weighted by Crippen LogP contribution is -2.68. The minimum absolute atomic E-state index is 0.489. The highest BCUT2D eigenvalue weighted by molar-refractivity contribution is 5.68. The van der Waals surface area contributed by atoms with Crippen LogP contribution in [0.25, 0.3) is 0 Å². The average Bonchev–Trinajstić information content (AvgIpc) is 3.30. The van der Waals surface area contributed by atoms with Gasteiger partial charge in [0.05, 0.1) is 73.0 Å². The van der Waals surface area contributed by atoms with E-state index in [1.807, 2.05) is 0 Å². The number of benzene rings is 3. The summed E-state index contributed by atoms with van der Waals surface area (Å²) in [6.45, 7) is -2.03. The third kappa shape index (κ3) is 10.8. The van der Waals surface area contributed by atoms with Gasteiger partial charge in [0.25, 0.3) is 34.1 Å². The first-order valence-corrected chi connectivity index (χ1v) is 20.1. The SMILES string of the molecule is O=[N+]([O-])c1ccc(N[C@H]2[C@@H](O[C@H]3[C@H](O)[C@@H](O[C@H]4O[C@H](CO)[C@@H](O)[C@H](O)[C@H]4O)[C@H](Nc4ccc([N+](=O)[O-])cc4[N+](=O)[O-])C[C@@H]3Nc3ccc([N+](=O)[O-])cc3[N+](=O)[O-])O[C@H](CO)[C@@H](O)[C@@H]2O)c([N+](=O)[O-])c1. The van der Waals surface area contributed by atoms with Crippen molar-refractivity contribution in [2.75, 3.05) is 29.2 Å². The van der Waals surface area contributed by atoms with Gasteiger partial charge in [0.1, 0.15) is 84.1 Å². The number of hydrogen-bond donors (Lipinski definition) is 11. The van der Waals surface area contributed by atoms with E-state index in [4.69, 9.17) is 18.9 Å². The summed E-state index contributed by atoms with van der Waals surface area (Å²) in [6, 6.07) is 1.65. The van der Waals surface area contributed by atoms with Crippen molar-refractivity contribution in [2.45, 2.75) is 98.2 Å². The summed E-state index contributed by atoms with van der Waals surface area (Å²) in [5.41, 5.74) is -6.59. The molecule has 15 atom stereocenters. The van der Waals surface area contributed by atoms with Crippen LogP contribution in [0.4, 0.5) is 51.2 Å². The van der Waals surface area contributed by atoms with E-state index < -0.39 is 192 Å². The van der Waals surface area contributed by atoms with Crippen LogP contribution in [0.2, 0.25) is 0 Å². The first-order chi connectivity index (χ1) is 32.6. The summed E-state index contributed by atoms with van der Waals surface area (Å²) in [7, 11) is 0. The molecule has 3 fully saturated rings. The maximum atomic E-state index is 12.5. The zero-order valence-corrected chi connectivity index (χ0v) is 34.8. The molecule has 3 aromatic carbocycles. The molecule has 0 amide bonds. The molecular formula is C36H41N9O24. The molecule has 0 bridgehead atoms. The number of nitrogens with zero attached hydrogens (tertiary/aromatic N) is 6. The molecule has 11 N–H and O–H groups in total. The molecule has 33 heteroatoms. The number of nitro benzene ring substituents is 6. The van der Waals surface area contributed by atoms with Crippen LogP contribution in [-0.4, -0.2) is 175 Å². The van der Waals surface area contributed by atoms with E-state index in [0.717, 1.165) is 36.4 Å². The molecule has 3 aromatic rings. The van der Waals surface area contributed by atoms with Gasteiger partial charge in [-0.1, -0.05) is 0 Å². The van der Waals surface area contributed by atoms with Gasteiger partial charge in [-0.05, 0) is 24.6 Å². The molecular weight excluding hydrogens is 942 g/mol. The molecule has 2 heterocycles. The largest absolute Gasteiger partial charge is 0.394 e. The number of non-ortho nitro benzene ring substituents is 3. The summed E-state index contributed by atoms with van der Waals surface area (Å²) in [6.07, 6.45) is -24.9. The van der Waals surface area contributed by atoms with E-state index in [2.05, 4.69) is 16.0 Å². The standard InChI is InChI=1S/C36H41N9O24/c46-11-24-27(48)29(50)26(39-18-6-3-15(42(58)59)9-23(18)45(64)65)35(66-24)68-33-19(37-16-4-1-13(40(54)55)7-21(16)43(60)61)10-20(38-17-5-2-14(41(56)57)8-22(17)44(62)63)34(32(33)53)69-36-31(52)30(51)28(49)25(12-47)67-36/h1-9,19-20,24-39,46-53H,10-12H2/t19-,20+,24+,25+,26+,27+,28+,29+,30-,31+,32-,33+,34-,35+,36+/m0/s1. The molecule has 2 aliphatic heterocycles. The number of anilines is 3. The molecule has 2 saturated heterocycles. The number of aliphatic hydroxyl groups excluding tert-OH is 8. The molecule has 6 rings (SSSR count). The van der Waals surface area contributed by atoms with E-state index in [9.17, 15) is 102 Å². The second-order valence-corrected chi connectivity index (χ2v) is 15.7. The Labute approximate surface area is 382 Å². The number of rotatable bonds is 18. The maximum absolute atomic E-state index is 12.5. The van der Waals surface area contributed by atoms with Gasteiger partial charge >= 0.3 is 0 Å². The second kappa shape index (κ2) is 21.1. The van der Waals surface area contributed by atoms with Gasteiger partial charge in [0.2, 0.25) is 0 Å². The van der Waals surface area contributed by atoms with E-state index in [0.29, 0.717) is 18.2 Å². The third-order valence-electron chi connectivity index (χ3n) is 11.5. The molecule has 0 spiro atoms. The minimum atomic E-state index is -2.31. The summed E-state index contributed by atoms with van der Waals surface area (Å²) in [5.74, 6) is 0. The van der Waals surface area contributed by atoms with E-state index in [1.165, 1.54) is 0 Å². The Bertz CT molecular complexity index is 2450. The molecule has 3 aliphatic rings. The second-order valence-electron chi connectivity index (χ2n) is 15.7. The highest BCUT2D eigenvalue weighted by atomic mass is 16.7. The van der Waals surface area contributed by atoms with Crippen molar-refractivity contribution in [2.24, 2.45) is 0 Å². The number of aliphatic hydroxyl groups is 8. The molecule has 0 unspecified atom stereocenters. The van der Waals surface area contributed by atoms with Gasteiger partial charge in [0, 0.05) is 18.2 Å². The molecule has 0 aromatic heterocycles. The number of ether oxygens (including phenoxy) is 4. The van der Waals surface area contributed by atoms with Crippen LogP contribution < -0.4 is 16.0 Å². The van der Waals surface area contributed by atoms with Crippen LogP contribution in [0.3, 0.4) is 0 Å². The highest BCUT2D eigenvalue weighted by Crippen LogP contribution is 2.40. The predicted octanol–water partition coefficient (Wildman–Crippen LogP) is -1.35. The van der Waals surface area contributed by atoms with Crippen molar-refractivity contribution in [3.63, 3.8) is 0 Å². The zero-order chi connectivity index (χ0) is 50.8. The maximum Gasteiger partial charge on any atom is 0.299 e. The van der Waals surface area contributed by atoms with Gasteiger partial charge < -0.3 is 75.8 Å². The number of hydrogen-bond acceptors (Lipinski definition) is 27. The average molecular weight is 984 g/mol. The Hall–Kier alpha value is -7.02. The van der Waals surface area contributed by atoms with Gasteiger partial charge in [0.15, 0.2) is 12.6 Å². The zero-order valence-electron chi connectivity index (χ0n) is 34.8. The first kappa shape index (κ1) is 51.4. The van der Waals surface area contributed by atoms with Crippen molar-refractivity contribution in [1.29, 1.82) is 0 Å². The summed E-state index contributed by atoms with van der Waals surface area (Å²) in [4.78, 5) is 65.3. The molecule has 33 nitrogen and oxygen atoms in total. The number of nitrogens with one attached hydrogen (secondary N) is 3. The minimum Gasteiger partial charge on any atom is -0.394 e. The monoisotopic (exact) mass is 983 g/mol. The van der Waals surface area contributed by atoms with Crippen molar-refractivity contribution >= 4 is 51.2 Å². The van der Waals surface area contributed by atoms with Gasteiger partial charge in [-0.15, -0.1) is 0 Å². The molecule has 374 valence electrons. The molecule has 0 radical (unpaired) electrons. The lowest BCUT2D eigenvalue weighted by molar-refractivity contribution is -0.393. The Morgan fingerprint density at radius 1 is 0.478 bits per heavy atom. The predicted molar refractivity (Wildman–Crippen MR) is 223 cm³/mol. The van der Waals surface area contributed by atoms with Crippen molar-refractivity contribution in [3.05, 3.63) is 115 Å². The summed E-state index contributed by atoms with van der Waals surface area (Å²) >= 11 is 0. The fourth-order valence-corrected chi connectivity index (χ4v) is 7.98. The van der Waals surface area contributed by atoms with Gasteiger partial charge in [-0.25, -0.2) is 0 Å². The van der Waals surface area contributed by atoms with Crippen LogP contribution in [0, 0.1) is 60.7 Å². The van der Waals surface area contributed by atoms with Crippen LogP contribution in [-0.2, 0) is 18.9 Å². The lowest BCUT2D eigenvalue weighted by Gasteiger charge is -2.50. The Morgan fingerprint density at radius 2 is 0.841 bits per heavy atom. The highest BCUT2D eigenvalue weighted by Gasteiger charge is 2.54. The van der Waals surface area contributed by atoms with Crippen LogP contribution >= 0.6 is 0 Å². The van der Waals surface area contributed by atoms with Crippen molar-refractivity contribution < 1.29 is 89.3 Å². The normalized spacial score (nSPS) is 31.2. The van der Waals surface area contributed by atoms with Crippen LogP contribution in [0.5, 0.6) is 0 Å². The van der Waals surface area contributed by atoms with Crippen molar-refractivity contribution in [1.82, 2.24) is 0 Å².